The van der Waals surface area contributed by atoms with E-state index in [4.69, 9.17) is 0 Å². The van der Waals surface area contributed by atoms with Crippen molar-refractivity contribution in [1.29, 1.82) is 0 Å². The van der Waals surface area contributed by atoms with Gasteiger partial charge < -0.3 is 19.7 Å². The fourth-order valence-electron chi connectivity index (χ4n) is 2.32. The minimum Gasteiger partial charge on any atom is -0.349 e. The second kappa shape index (κ2) is 5.35. The molecule has 0 saturated carbocycles. The molecule has 1 aromatic heterocycles. The Labute approximate surface area is 121 Å². The zero-order valence-electron chi connectivity index (χ0n) is 11.3. The Morgan fingerprint density at radius 2 is 2.30 bits per heavy atom. The lowest BCUT2D eigenvalue weighted by Crippen LogP contribution is -2.39. The van der Waals surface area contributed by atoms with Gasteiger partial charge in [0.15, 0.2) is 5.16 Å². The molecule has 1 aromatic rings. The van der Waals surface area contributed by atoms with Crippen molar-refractivity contribution in [1.82, 2.24) is 24.7 Å². The maximum absolute atomic E-state index is 11.8. The number of fused-ring (bicyclic) bond motifs is 1. The van der Waals surface area contributed by atoms with Crippen molar-refractivity contribution in [2.75, 3.05) is 32.4 Å². The van der Waals surface area contributed by atoms with Crippen molar-refractivity contribution >= 4 is 23.7 Å². The number of amides is 3. The number of carbonyl (C=O) groups excluding carboxylic acids is 2. The average molecular weight is 295 g/mol. The van der Waals surface area contributed by atoms with E-state index in [1.807, 2.05) is 6.20 Å². The standard InChI is InChI=1S/C12H17N5O2S/c1-15-2-3-17(12(15)19)8-10(18)13-6-9-7-16-4-5-20-11(16)14-9/h7H,2-6,8H2,1H3,(H,13,18). The highest BCUT2D eigenvalue weighted by atomic mass is 32.2. The van der Waals surface area contributed by atoms with Gasteiger partial charge >= 0.3 is 6.03 Å². The molecule has 0 aliphatic carbocycles. The molecule has 1 saturated heterocycles. The number of nitrogens with zero attached hydrogens (tertiary/aromatic N) is 4. The molecule has 108 valence electrons. The number of urea groups is 1. The first-order valence-corrected chi connectivity index (χ1v) is 7.57. The lowest BCUT2D eigenvalue weighted by atomic mass is 10.4. The van der Waals surface area contributed by atoms with Crippen LogP contribution in [-0.4, -0.2) is 63.7 Å². The van der Waals surface area contributed by atoms with Gasteiger partial charge in [0.2, 0.25) is 5.91 Å². The molecule has 0 atom stereocenters. The first kappa shape index (κ1) is 13.3. The molecule has 3 amide bonds. The van der Waals surface area contributed by atoms with Gasteiger partial charge in [0.25, 0.3) is 0 Å². The van der Waals surface area contributed by atoms with E-state index in [1.165, 1.54) is 0 Å². The summed E-state index contributed by atoms with van der Waals surface area (Å²) in [5, 5.41) is 3.83. The molecule has 0 aromatic carbocycles. The van der Waals surface area contributed by atoms with E-state index in [2.05, 4.69) is 14.9 Å². The summed E-state index contributed by atoms with van der Waals surface area (Å²) in [5.41, 5.74) is 0.866. The van der Waals surface area contributed by atoms with E-state index in [9.17, 15) is 9.59 Å². The Balaban J connectivity index is 1.48. The summed E-state index contributed by atoms with van der Waals surface area (Å²) < 4.78 is 2.10. The number of nitrogens with one attached hydrogen (secondary N) is 1. The number of hydrogen-bond acceptors (Lipinski definition) is 4. The molecular formula is C12H17N5O2S. The topological polar surface area (TPSA) is 70.5 Å². The number of likely N-dealkylation sites (N-methyl/N-ethyl adjacent to an activating group) is 1. The summed E-state index contributed by atoms with van der Waals surface area (Å²) in [6, 6.07) is -0.0856. The van der Waals surface area contributed by atoms with Gasteiger partial charge in [0.1, 0.15) is 6.54 Å². The lowest BCUT2D eigenvalue weighted by molar-refractivity contribution is -0.121. The van der Waals surface area contributed by atoms with Crippen molar-refractivity contribution < 1.29 is 9.59 Å². The van der Waals surface area contributed by atoms with E-state index in [0.29, 0.717) is 19.6 Å². The van der Waals surface area contributed by atoms with Gasteiger partial charge in [0.05, 0.1) is 12.2 Å². The third-order valence-corrected chi connectivity index (χ3v) is 4.43. The van der Waals surface area contributed by atoms with Crippen LogP contribution in [0, 0.1) is 0 Å². The van der Waals surface area contributed by atoms with Gasteiger partial charge in [-0.15, -0.1) is 0 Å². The first-order valence-electron chi connectivity index (χ1n) is 6.59. The van der Waals surface area contributed by atoms with Crippen LogP contribution >= 0.6 is 11.8 Å². The monoisotopic (exact) mass is 295 g/mol. The largest absolute Gasteiger partial charge is 0.349 e. The molecule has 0 radical (unpaired) electrons. The van der Waals surface area contributed by atoms with Gasteiger partial charge in [0, 0.05) is 38.6 Å². The highest BCUT2D eigenvalue weighted by molar-refractivity contribution is 7.99. The predicted octanol–water partition coefficient (Wildman–Crippen LogP) is -0.0276. The second-order valence-corrected chi connectivity index (χ2v) is 6.02. The smallest absolute Gasteiger partial charge is 0.320 e. The molecule has 0 spiro atoms. The minimum atomic E-state index is -0.144. The molecular weight excluding hydrogens is 278 g/mol. The zero-order chi connectivity index (χ0) is 14.1. The van der Waals surface area contributed by atoms with Gasteiger partial charge in [-0.25, -0.2) is 9.78 Å². The van der Waals surface area contributed by atoms with E-state index in [0.717, 1.165) is 23.1 Å². The summed E-state index contributed by atoms with van der Waals surface area (Å²) in [7, 11) is 1.74. The van der Waals surface area contributed by atoms with Crippen LogP contribution in [-0.2, 0) is 17.9 Å². The van der Waals surface area contributed by atoms with Crippen LogP contribution in [0.4, 0.5) is 4.79 Å². The molecule has 3 heterocycles. The van der Waals surface area contributed by atoms with Crippen LogP contribution in [0.3, 0.4) is 0 Å². The molecule has 3 rings (SSSR count). The Kier molecular flexibility index (Phi) is 3.56. The molecule has 8 heteroatoms. The van der Waals surface area contributed by atoms with Gasteiger partial charge in [-0.1, -0.05) is 11.8 Å². The maximum atomic E-state index is 11.8. The number of rotatable bonds is 4. The van der Waals surface area contributed by atoms with Crippen LogP contribution < -0.4 is 5.32 Å². The van der Waals surface area contributed by atoms with Gasteiger partial charge in [-0.3, -0.25) is 4.79 Å². The molecule has 7 nitrogen and oxygen atoms in total. The number of imidazole rings is 1. The third-order valence-electron chi connectivity index (χ3n) is 3.46. The molecule has 2 aliphatic heterocycles. The summed E-state index contributed by atoms with van der Waals surface area (Å²) >= 11 is 1.73. The number of aryl methyl sites for hydroxylation is 1. The molecule has 2 aliphatic rings. The highest BCUT2D eigenvalue weighted by Crippen LogP contribution is 2.24. The van der Waals surface area contributed by atoms with Crippen molar-refractivity contribution in [2.45, 2.75) is 18.2 Å². The van der Waals surface area contributed by atoms with E-state index in [1.54, 1.807) is 28.6 Å². The van der Waals surface area contributed by atoms with Crippen LogP contribution in [0.2, 0.25) is 0 Å². The van der Waals surface area contributed by atoms with Crippen LogP contribution in [0.25, 0.3) is 0 Å². The summed E-state index contributed by atoms with van der Waals surface area (Å²) in [5.74, 6) is 0.925. The number of hydrogen-bond donors (Lipinski definition) is 1. The molecule has 0 bridgehead atoms. The number of carbonyl (C=O) groups is 2. The van der Waals surface area contributed by atoms with Crippen molar-refractivity contribution in [3.63, 3.8) is 0 Å². The summed E-state index contributed by atoms with van der Waals surface area (Å²) in [4.78, 5) is 31.1. The first-order chi connectivity index (χ1) is 9.63. The normalized spacial score (nSPS) is 17.8. The lowest BCUT2D eigenvalue weighted by Gasteiger charge is -2.15. The van der Waals surface area contributed by atoms with Crippen LogP contribution in [0.5, 0.6) is 0 Å². The van der Waals surface area contributed by atoms with Crippen molar-refractivity contribution in [3.05, 3.63) is 11.9 Å². The molecule has 1 N–H and O–H groups in total. The maximum Gasteiger partial charge on any atom is 0.320 e. The number of thioether (sulfide) groups is 1. The Morgan fingerprint density at radius 3 is 3.00 bits per heavy atom. The Hall–Kier alpha value is -1.70. The minimum absolute atomic E-state index is 0.0856. The fraction of sp³-hybridized carbons (Fsp3) is 0.583. The fourth-order valence-corrected chi connectivity index (χ4v) is 3.28. The Morgan fingerprint density at radius 1 is 1.45 bits per heavy atom. The average Bonchev–Trinajstić information content (AvgIpc) is 3.07. The highest BCUT2D eigenvalue weighted by Gasteiger charge is 2.26. The van der Waals surface area contributed by atoms with E-state index < -0.39 is 0 Å². The van der Waals surface area contributed by atoms with E-state index >= 15 is 0 Å². The van der Waals surface area contributed by atoms with Crippen molar-refractivity contribution in [2.24, 2.45) is 0 Å². The molecule has 0 unspecified atom stereocenters. The second-order valence-electron chi connectivity index (χ2n) is 4.96. The van der Waals surface area contributed by atoms with E-state index in [-0.39, 0.29) is 18.5 Å². The third kappa shape index (κ3) is 2.60. The summed E-state index contributed by atoms with van der Waals surface area (Å²) in [6.07, 6.45) is 1.98. The SMILES string of the molecule is CN1CCN(CC(=O)NCc2cn3c(n2)SCC3)C1=O. The predicted molar refractivity (Wildman–Crippen MR) is 74.4 cm³/mol. The molecule has 1 fully saturated rings. The van der Waals surface area contributed by atoms with Gasteiger partial charge in [-0.05, 0) is 0 Å². The van der Waals surface area contributed by atoms with Crippen LogP contribution in [0.15, 0.2) is 11.4 Å². The summed E-state index contributed by atoms with van der Waals surface area (Å²) in [6.45, 7) is 2.80. The van der Waals surface area contributed by atoms with Crippen molar-refractivity contribution in [3.8, 4) is 0 Å². The van der Waals surface area contributed by atoms with Crippen LogP contribution in [0.1, 0.15) is 5.69 Å². The quantitative estimate of drug-likeness (QED) is 0.847. The zero-order valence-corrected chi connectivity index (χ0v) is 12.2. The van der Waals surface area contributed by atoms with Gasteiger partial charge in [-0.2, -0.15) is 0 Å². The Bertz CT molecular complexity index is 522. The number of aromatic nitrogens is 2. The molecule has 20 heavy (non-hydrogen) atoms.